The molecule has 1 nitrogen and oxygen atoms in total. The first-order valence-corrected chi connectivity index (χ1v) is 5.96. The lowest BCUT2D eigenvalue weighted by atomic mass is 9.86. The van der Waals surface area contributed by atoms with Crippen LogP contribution in [0.5, 0.6) is 0 Å². The van der Waals surface area contributed by atoms with Crippen molar-refractivity contribution in [2.24, 2.45) is 0 Å². The number of benzene rings is 1. The van der Waals surface area contributed by atoms with Gasteiger partial charge in [0, 0.05) is 17.9 Å². The highest BCUT2D eigenvalue weighted by atomic mass is 14.9. The Morgan fingerprint density at radius 2 is 2.00 bits per heavy atom. The first-order chi connectivity index (χ1) is 7.83. The van der Waals surface area contributed by atoms with E-state index in [-0.39, 0.29) is 0 Å². The molecule has 1 N–H and O–H groups in total. The molecule has 1 heteroatoms. The maximum absolute atomic E-state index is 3.44. The number of nitrogens with one attached hydrogen (secondary N) is 1. The molecular weight excluding hydrogens is 194 g/mol. The monoisotopic (exact) mass is 213 g/mol. The zero-order valence-electron chi connectivity index (χ0n) is 10.1. The van der Waals surface area contributed by atoms with Gasteiger partial charge < -0.3 is 5.32 Å². The third kappa shape index (κ3) is 1.99. The van der Waals surface area contributed by atoms with Crippen molar-refractivity contribution in [1.29, 1.82) is 0 Å². The lowest BCUT2D eigenvalue weighted by Crippen LogP contribution is -2.37. The minimum Gasteiger partial charge on any atom is -0.315 e. The second kappa shape index (κ2) is 4.72. The molecule has 1 unspecified atom stereocenters. The maximum Gasteiger partial charge on any atom is 0.0270 e. The van der Waals surface area contributed by atoms with Gasteiger partial charge in [-0.2, -0.15) is 0 Å². The van der Waals surface area contributed by atoms with E-state index in [1.54, 1.807) is 0 Å². The van der Waals surface area contributed by atoms with Crippen molar-refractivity contribution in [2.45, 2.75) is 37.6 Å². The van der Waals surface area contributed by atoms with Gasteiger partial charge in [0.2, 0.25) is 0 Å². The summed E-state index contributed by atoms with van der Waals surface area (Å²) >= 11 is 0. The molecule has 16 heavy (non-hydrogen) atoms. The normalized spacial score (nSPS) is 18.4. The third-order valence-corrected chi connectivity index (χ3v) is 3.64. The van der Waals surface area contributed by atoms with Crippen LogP contribution in [0, 0.1) is 11.8 Å². The van der Waals surface area contributed by atoms with Crippen LogP contribution in [0.4, 0.5) is 0 Å². The average Bonchev–Trinajstić information content (AvgIpc) is 3.13. The van der Waals surface area contributed by atoms with Crippen molar-refractivity contribution in [2.75, 3.05) is 7.05 Å². The Morgan fingerprint density at radius 1 is 1.31 bits per heavy atom. The molecule has 0 spiro atoms. The zero-order chi connectivity index (χ0) is 11.4. The van der Waals surface area contributed by atoms with E-state index in [4.69, 9.17) is 0 Å². The predicted molar refractivity (Wildman–Crippen MR) is 68.3 cm³/mol. The van der Waals surface area contributed by atoms with Gasteiger partial charge in [-0.3, -0.25) is 0 Å². The van der Waals surface area contributed by atoms with Crippen molar-refractivity contribution >= 4 is 0 Å². The van der Waals surface area contributed by atoms with Gasteiger partial charge in [0.1, 0.15) is 0 Å². The van der Waals surface area contributed by atoms with Crippen LogP contribution < -0.4 is 5.32 Å². The summed E-state index contributed by atoms with van der Waals surface area (Å²) in [6.07, 6.45) is 3.52. The average molecular weight is 213 g/mol. The topological polar surface area (TPSA) is 12.0 Å². The molecule has 1 aliphatic carbocycles. The highest BCUT2D eigenvalue weighted by Crippen LogP contribution is 2.51. The smallest absolute Gasteiger partial charge is 0.0270 e. The van der Waals surface area contributed by atoms with Gasteiger partial charge in [-0.25, -0.2) is 0 Å². The van der Waals surface area contributed by atoms with Crippen molar-refractivity contribution < 1.29 is 0 Å². The molecule has 0 amide bonds. The molecular formula is C15H19N. The highest BCUT2D eigenvalue weighted by molar-refractivity contribution is 5.34. The molecule has 2 rings (SSSR count). The van der Waals surface area contributed by atoms with E-state index in [2.05, 4.69) is 47.5 Å². The lowest BCUT2D eigenvalue weighted by Gasteiger charge is -2.25. The van der Waals surface area contributed by atoms with Crippen LogP contribution in [-0.2, 0) is 5.41 Å². The minimum atomic E-state index is 0.347. The standard InChI is InChI=1S/C15H19N/c1-3-4-10-14(16-2)15(11-12-15)13-8-6-5-7-9-13/h5-9,14,16H,10-12H2,1-2H3. The van der Waals surface area contributed by atoms with Gasteiger partial charge in [-0.05, 0) is 32.4 Å². The fourth-order valence-electron chi connectivity index (χ4n) is 2.52. The van der Waals surface area contributed by atoms with Gasteiger partial charge in [0.05, 0.1) is 0 Å². The third-order valence-electron chi connectivity index (χ3n) is 3.64. The van der Waals surface area contributed by atoms with Crippen LogP contribution in [0.1, 0.15) is 31.7 Å². The highest BCUT2D eigenvalue weighted by Gasteiger charge is 2.49. The Labute approximate surface area is 98.3 Å². The van der Waals surface area contributed by atoms with E-state index in [0.717, 1.165) is 6.42 Å². The van der Waals surface area contributed by atoms with Crippen LogP contribution in [-0.4, -0.2) is 13.1 Å². The lowest BCUT2D eigenvalue weighted by molar-refractivity contribution is 0.453. The number of hydrogen-bond acceptors (Lipinski definition) is 1. The summed E-state index contributed by atoms with van der Waals surface area (Å²) in [5.41, 5.74) is 1.81. The van der Waals surface area contributed by atoms with Crippen LogP contribution in [0.15, 0.2) is 30.3 Å². The molecule has 1 atom stereocenters. The second-order valence-corrected chi connectivity index (χ2v) is 4.49. The summed E-state index contributed by atoms with van der Waals surface area (Å²) in [6.45, 7) is 1.91. The minimum absolute atomic E-state index is 0.347. The summed E-state index contributed by atoms with van der Waals surface area (Å²) in [5.74, 6) is 6.20. The quantitative estimate of drug-likeness (QED) is 0.758. The van der Waals surface area contributed by atoms with E-state index in [1.165, 1.54) is 18.4 Å². The largest absolute Gasteiger partial charge is 0.315 e. The van der Waals surface area contributed by atoms with Crippen molar-refractivity contribution in [3.8, 4) is 11.8 Å². The summed E-state index contributed by atoms with van der Waals surface area (Å²) in [7, 11) is 2.05. The van der Waals surface area contributed by atoms with Gasteiger partial charge in [-0.15, -0.1) is 11.8 Å². The van der Waals surface area contributed by atoms with Crippen molar-refractivity contribution in [1.82, 2.24) is 5.32 Å². The molecule has 0 heterocycles. The molecule has 1 fully saturated rings. The Balaban J connectivity index is 2.20. The fourth-order valence-corrected chi connectivity index (χ4v) is 2.52. The Kier molecular flexibility index (Phi) is 3.31. The SMILES string of the molecule is CC#CCC(NC)C1(c2ccccc2)CC1. The zero-order valence-corrected chi connectivity index (χ0v) is 10.1. The maximum atomic E-state index is 3.44. The van der Waals surface area contributed by atoms with Crippen molar-refractivity contribution in [3.05, 3.63) is 35.9 Å². The Hall–Kier alpha value is -1.26. The van der Waals surface area contributed by atoms with Crippen LogP contribution >= 0.6 is 0 Å². The first kappa shape index (κ1) is 11.2. The molecule has 0 aromatic heterocycles. The van der Waals surface area contributed by atoms with Gasteiger partial charge in [-0.1, -0.05) is 30.3 Å². The summed E-state index contributed by atoms with van der Waals surface area (Å²) < 4.78 is 0. The van der Waals surface area contributed by atoms with E-state index in [9.17, 15) is 0 Å². The molecule has 1 saturated carbocycles. The molecule has 0 aliphatic heterocycles. The summed E-state index contributed by atoms with van der Waals surface area (Å²) in [6, 6.07) is 11.3. The van der Waals surface area contributed by atoms with Crippen molar-refractivity contribution in [3.63, 3.8) is 0 Å². The Bertz CT molecular complexity index is 392. The van der Waals surface area contributed by atoms with E-state index < -0.39 is 0 Å². The summed E-state index contributed by atoms with van der Waals surface area (Å²) in [5, 5.41) is 3.44. The van der Waals surface area contributed by atoms with E-state index in [0.29, 0.717) is 11.5 Å². The van der Waals surface area contributed by atoms with E-state index >= 15 is 0 Å². The predicted octanol–water partition coefficient (Wildman–Crippen LogP) is 2.72. The van der Waals surface area contributed by atoms with Gasteiger partial charge in [0.15, 0.2) is 0 Å². The van der Waals surface area contributed by atoms with E-state index in [1.807, 2.05) is 14.0 Å². The molecule has 1 aromatic carbocycles. The second-order valence-electron chi connectivity index (χ2n) is 4.49. The van der Waals surface area contributed by atoms with Gasteiger partial charge in [0.25, 0.3) is 0 Å². The molecule has 0 radical (unpaired) electrons. The fraction of sp³-hybridized carbons (Fsp3) is 0.467. The molecule has 0 bridgehead atoms. The number of hydrogen-bond donors (Lipinski definition) is 1. The van der Waals surface area contributed by atoms with Crippen LogP contribution in [0.3, 0.4) is 0 Å². The Morgan fingerprint density at radius 3 is 2.50 bits per heavy atom. The van der Waals surface area contributed by atoms with Gasteiger partial charge >= 0.3 is 0 Å². The molecule has 84 valence electrons. The van der Waals surface area contributed by atoms with Crippen LogP contribution in [0.2, 0.25) is 0 Å². The first-order valence-electron chi connectivity index (χ1n) is 5.96. The van der Waals surface area contributed by atoms with Crippen LogP contribution in [0.25, 0.3) is 0 Å². The molecule has 0 saturated heterocycles. The molecule has 1 aliphatic rings. The number of likely N-dealkylation sites (N-methyl/N-ethyl adjacent to an activating group) is 1. The summed E-state index contributed by atoms with van der Waals surface area (Å²) in [4.78, 5) is 0. The number of rotatable bonds is 4. The molecule has 1 aromatic rings.